The number of aliphatic imine (C=N–C) groups is 1. The van der Waals surface area contributed by atoms with Gasteiger partial charge < -0.3 is 20.7 Å². The molecule has 10 heteroatoms. The molecule has 0 saturated carbocycles. The van der Waals surface area contributed by atoms with Gasteiger partial charge in [-0.25, -0.2) is 19.8 Å². The smallest absolute Gasteiger partial charge is 0.407 e. The summed E-state index contributed by atoms with van der Waals surface area (Å²) in [4.78, 5) is 25.3. The van der Waals surface area contributed by atoms with Crippen molar-refractivity contribution in [2.45, 2.75) is 72.1 Å². The van der Waals surface area contributed by atoms with Gasteiger partial charge in [0.05, 0.1) is 6.54 Å². The molecular formula is C23H38IN7O2. The Balaban J connectivity index is 0.00000544. The number of hydrogen-bond donors (Lipinski definition) is 3. The molecule has 1 amide bonds. The summed E-state index contributed by atoms with van der Waals surface area (Å²) in [6.07, 6.45) is 9.75. The highest BCUT2D eigenvalue weighted by molar-refractivity contribution is 14.0. The monoisotopic (exact) mass is 571 g/mol. The lowest BCUT2D eigenvalue weighted by Gasteiger charge is -2.24. The summed E-state index contributed by atoms with van der Waals surface area (Å²) in [5, 5.41) is 9.59. The van der Waals surface area contributed by atoms with Crippen LogP contribution in [0.1, 0.15) is 59.4 Å². The molecule has 2 aromatic rings. The summed E-state index contributed by atoms with van der Waals surface area (Å²) in [7, 11) is 0. The van der Waals surface area contributed by atoms with E-state index in [0.717, 1.165) is 37.2 Å². The van der Waals surface area contributed by atoms with E-state index in [9.17, 15) is 4.79 Å². The Morgan fingerprint density at radius 2 is 2.03 bits per heavy atom. The van der Waals surface area contributed by atoms with Gasteiger partial charge in [0.15, 0.2) is 5.96 Å². The van der Waals surface area contributed by atoms with Crippen molar-refractivity contribution < 1.29 is 9.53 Å². The number of hydrogen-bond acceptors (Lipinski definition) is 5. The Labute approximate surface area is 214 Å². The van der Waals surface area contributed by atoms with Gasteiger partial charge in [-0.05, 0) is 45.7 Å². The molecule has 184 valence electrons. The Kier molecular flexibility index (Phi) is 12.8. The minimum atomic E-state index is -0.520. The molecule has 0 aliphatic heterocycles. The number of carbonyl (C=O) groups excluding carboxylic acids is 1. The molecule has 9 nitrogen and oxygen atoms in total. The molecule has 33 heavy (non-hydrogen) atoms. The number of halogens is 1. The maximum absolute atomic E-state index is 12.1. The van der Waals surface area contributed by atoms with Gasteiger partial charge in [0, 0.05) is 37.7 Å². The van der Waals surface area contributed by atoms with Gasteiger partial charge in [-0.2, -0.15) is 0 Å². The molecule has 0 bridgehead atoms. The van der Waals surface area contributed by atoms with E-state index in [1.165, 1.54) is 0 Å². The van der Waals surface area contributed by atoms with Gasteiger partial charge in [-0.15, -0.1) is 24.0 Å². The number of rotatable bonds is 10. The Morgan fingerprint density at radius 1 is 1.24 bits per heavy atom. The average molecular weight is 572 g/mol. The molecule has 0 aliphatic carbocycles. The number of guanidine groups is 1. The average Bonchev–Trinajstić information content (AvgIpc) is 3.28. The minimum Gasteiger partial charge on any atom is -0.444 e. The highest BCUT2D eigenvalue weighted by Crippen LogP contribution is 2.08. The van der Waals surface area contributed by atoms with Crippen molar-refractivity contribution in [1.82, 2.24) is 30.5 Å². The Morgan fingerprint density at radius 3 is 2.61 bits per heavy atom. The van der Waals surface area contributed by atoms with Crippen molar-refractivity contribution in [3.63, 3.8) is 0 Å². The standard InChI is InChI=1S/C23H37N7O2.HI/c1-6-8-9-19(16-28-22(31)32-23(3,4)5)29-21(25-7-2)27-15-18-10-11-20(26-14-18)30-13-12-24-17-30;/h10-14,17,19H,6-9,15-16H2,1-5H3,(H,28,31)(H2,25,27,29);1H. The van der Waals surface area contributed by atoms with Gasteiger partial charge >= 0.3 is 6.09 Å². The third-order valence-electron chi connectivity index (χ3n) is 4.48. The van der Waals surface area contributed by atoms with Crippen LogP contribution in [0.3, 0.4) is 0 Å². The quantitative estimate of drug-likeness (QED) is 0.226. The third-order valence-corrected chi connectivity index (χ3v) is 4.48. The van der Waals surface area contributed by atoms with Crippen molar-refractivity contribution in [1.29, 1.82) is 0 Å². The molecule has 2 aromatic heterocycles. The fraction of sp³-hybridized carbons (Fsp3) is 0.565. The van der Waals surface area contributed by atoms with Crippen LogP contribution >= 0.6 is 24.0 Å². The normalized spacial score (nSPS) is 12.5. The van der Waals surface area contributed by atoms with E-state index in [-0.39, 0.29) is 30.0 Å². The number of unbranched alkanes of at least 4 members (excludes halogenated alkanes) is 1. The summed E-state index contributed by atoms with van der Waals surface area (Å²) in [6.45, 7) is 11.4. The fourth-order valence-corrected chi connectivity index (χ4v) is 2.94. The summed E-state index contributed by atoms with van der Waals surface area (Å²) >= 11 is 0. The summed E-state index contributed by atoms with van der Waals surface area (Å²) in [6, 6.07) is 4.00. The van der Waals surface area contributed by atoms with Crippen LogP contribution in [0.25, 0.3) is 5.82 Å². The van der Waals surface area contributed by atoms with Crippen LogP contribution in [-0.4, -0.2) is 51.3 Å². The predicted molar refractivity (Wildman–Crippen MR) is 142 cm³/mol. The largest absolute Gasteiger partial charge is 0.444 e. The predicted octanol–water partition coefficient (Wildman–Crippen LogP) is 4.02. The van der Waals surface area contributed by atoms with Crippen LogP contribution in [0.4, 0.5) is 4.79 Å². The first kappa shape index (κ1) is 28.7. The highest BCUT2D eigenvalue weighted by atomic mass is 127. The minimum absolute atomic E-state index is 0. The SMILES string of the molecule is CCCCC(CNC(=O)OC(C)(C)C)NC(=NCc1ccc(-n2ccnc2)nc1)NCC.I. The zero-order chi connectivity index (χ0) is 23.4. The van der Waals surface area contributed by atoms with Crippen molar-refractivity contribution in [2.24, 2.45) is 4.99 Å². The van der Waals surface area contributed by atoms with E-state index in [4.69, 9.17) is 9.73 Å². The second-order valence-corrected chi connectivity index (χ2v) is 8.56. The van der Waals surface area contributed by atoms with Gasteiger partial charge in [0.1, 0.15) is 17.7 Å². The lowest BCUT2D eigenvalue weighted by atomic mass is 10.1. The van der Waals surface area contributed by atoms with Crippen LogP contribution in [0.2, 0.25) is 0 Å². The number of nitrogens with one attached hydrogen (secondary N) is 3. The van der Waals surface area contributed by atoms with E-state index >= 15 is 0 Å². The molecule has 0 radical (unpaired) electrons. The first-order valence-electron chi connectivity index (χ1n) is 11.3. The zero-order valence-electron chi connectivity index (χ0n) is 20.3. The molecule has 0 aliphatic rings. The molecule has 0 aromatic carbocycles. The molecule has 1 unspecified atom stereocenters. The van der Waals surface area contributed by atoms with Crippen LogP contribution < -0.4 is 16.0 Å². The second kappa shape index (κ2) is 14.7. The molecule has 0 saturated heterocycles. The molecule has 2 rings (SSSR count). The third kappa shape index (κ3) is 11.4. The number of pyridine rings is 1. The van der Waals surface area contributed by atoms with Crippen LogP contribution in [0.15, 0.2) is 42.0 Å². The van der Waals surface area contributed by atoms with Gasteiger partial charge in [0.2, 0.25) is 0 Å². The molecular weight excluding hydrogens is 533 g/mol. The number of carbonyl (C=O) groups is 1. The van der Waals surface area contributed by atoms with E-state index in [1.807, 2.05) is 56.8 Å². The molecule has 3 N–H and O–H groups in total. The van der Waals surface area contributed by atoms with Crippen molar-refractivity contribution in [2.75, 3.05) is 13.1 Å². The van der Waals surface area contributed by atoms with Crippen molar-refractivity contribution >= 4 is 36.0 Å². The number of alkyl carbamates (subject to hydrolysis) is 1. The van der Waals surface area contributed by atoms with E-state index < -0.39 is 11.7 Å². The van der Waals surface area contributed by atoms with Crippen LogP contribution in [0.5, 0.6) is 0 Å². The van der Waals surface area contributed by atoms with Crippen LogP contribution in [0, 0.1) is 0 Å². The first-order chi connectivity index (χ1) is 15.3. The lowest BCUT2D eigenvalue weighted by Crippen LogP contribution is -2.49. The molecule has 1 atom stereocenters. The number of aromatic nitrogens is 3. The number of ether oxygens (including phenoxy) is 1. The number of imidazole rings is 1. The summed E-state index contributed by atoms with van der Waals surface area (Å²) in [5.74, 6) is 1.52. The Bertz CT molecular complexity index is 833. The topological polar surface area (TPSA) is 105 Å². The van der Waals surface area contributed by atoms with Crippen LogP contribution in [-0.2, 0) is 11.3 Å². The Hall–Kier alpha value is -2.37. The highest BCUT2D eigenvalue weighted by Gasteiger charge is 2.18. The van der Waals surface area contributed by atoms with E-state index in [1.54, 1.807) is 12.5 Å². The van der Waals surface area contributed by atoms with Gasteiger partial charge in [-0.3, -0.25) is 4.57 Å². The lowest BCUT2D eigenvalue weighted by molar-refractivity contribution is 0.0522. The number of amides is 1. The fourth-order valence-electron chi connectivity index (χ4n) is 2.94. The summed E-state index contributed by atoms with van der Waals surface area (Å²) in [5.41, 5.74) is 0.483. The van der Waals surface area contributed by atoms with E-state index in [2.05, 4.69) is 32.8 Å². The van der Waals surface area contributed by atoms with Crippen molar-refractivity contribution in [3.8, 4) is 5.82 Å². The zero-order valence-corrected chi connectivity index (χ0v) is 22.6. The summed E-state index contributed by atoms with van der Waals surface area (Å²) < 4.78 is 7.21. The first-order valence-corrected chi connectivity index (χ1v) is 11.3. The van der Waals surface area contributed by atoms with Crippen molar-refractivity contribution in [3.05, 3.63) is 42.6 Å². The maximum Gasteiger partial charge on any atom is 0.407 e. The van der Waals surface area contributed by atoms with Gasteiger partial charge in [0.25, 0.3) is 0 Å². The molecule has 0 fully saturated rings. The molecule has 0 spiro atoms. The second-order valence-electron chi connectivity index (χ2n) is 8.56. The maximum atomic E-state index is 12.1. The van der Waals surface area contributed by atoms with Gasteiger partial charge in [-0.1, -0.05) is 25.8 Å². The number of nitrogens with zero attached hydrogens (tertiary/aromatic N) is 4. The van der Waals surface area contributed by atoms with E-state index in [0.29, 0.717) is 19.0 Å². The molecule has 2 heterocycles.